The zero-order valence-corrected chi connectivity index (χ0v) is 15.5. The van der Waals surface area contributed by atoms with E-state index in [2.05, 4.69) is 29.2 Å². The number of piperidine rings is 1. The van der Waals surface area contributed by atoms with E-state index in [0.29, 0.717) is 13.2 Å². The van der Waals surface area contributed by atoms with Crippen LogP contribution in [0.2, 0.25) is 0 Å². The number of likely N-dealkylation sites (N-methyl/N-ethyl adjacent to an activating group) is 1. The van der Waals surface area contributed by atoms with E-state index < -0.39 is 0 Å². The van der Waals surface area contributed by atoms with E-state index in [1.165, 1.54) is 5.56 Å². The Morgan fingerprint density at radius 2 is 1.81 bits per heavy atom. The second kappa shape index (κ2) is 9.39. The average Bonchev–Trinajstić information content (AvgIpc) is 2.69. The monoisotopic (exact) mass is 352 g/mol. The van der Waals surface area contributed by atoms with E-state index in [0.717, 1.165) is 38.2 Å². The quantitative estimate of drug-likeness (QED) is 0.765. The van der Waals surface area contributed by atoms with Gasteiger partial charge < -0.3 is 9.64 Å². The smallest absolute Gasteiger partial charge is 0.226 e. The lowest BCUT2D eigenvalue weighted by Gasteiger charge is -2.34. The minimum Gasteiger partial charge on any atom is -0.492 e. The molecular weight excluding hydrogens is 324 g/mol. The first-order valence-electron chi connectivity index (χ1n) is 9.41. The number of para-hydroxylation sites is 1. The zero-order chi connectivity index (χ0) is 18.2. The van der Waals surface area contributed by atoms with Crippen LogP contribution in [0.3, 0.4) is 0 Å². The maximum absolute atomic E-state index is 12.8. The van der Waals surface area contributed by atoms with Gasteiger partial charge in [-0.25, -0.2) is 0 Å². The molecule has 0 aliphatic carbocycles. The molecule has 138 valence electrons. The second-order valence-corrected chi connectivity index (χ2v) is 6.98. The molecule has 1 amide bonds. The number of hydrogen-bond donors (Lipinski definition) is 0. The topological polar surface area (TPSA) is 32.8 Å². The van der Waals surface area contributed by atoms with Gasteiger partial charge in [0.2, 0.25) is 5.91 Å². The molecule has 1 fully saturated rings. The minimum atomic E-state index is 0.0918. The Morgan fingerprint density at radius 3 is 2.54 bits per heavy atom. The third-order valence-corrected chi connectivity index (χ3v) is 4.92. The Labute approximate surface area is 156 Å². The summed E-state index contributed by atoms with van der Waals surface area (Å²) in [4.78, 5) is 17.0. The molecule has 0 N–H and O–H groups in total. The molecule has 0 radical (unpaired) electrons. The highest BCUT2D eigenvalue weighted by molar-refractivity contribution is 5.78. The predicted molar refractivity (Wildman–Crippen MR) is 104 cm³/mol. The minimum absolute atomic E-state index is 0.0918. The Morgan fingerprint density at radius 1 is 1.12 bits per heavy atom. The first-order valence-corrected chi connectivity index (χ1v) is 9.41. The highest BCUT2D eigenvalue weighted by Gasteiger charge is 2.27. The molecule has 0 spiro atoms. The Kier molecular flexibility index (Phi) is 6.67. The number of carbonyl (C=O) groups excluding carboxylic acids is 1. The summed E-state index contributed by atoms with van der Waals surface area (Å²) in [6.45, 7) is 3.97. The van der Waals surface area contributed by atoms with E-state index in [9.17, 15) is 4.79 Å². The van der Waals surface area contributed by atoms with Crippen molar-refractivity contribution in [1.29, 1.82) is 0 Å². The summed E-state index contributed by atoms with van der Waals surface area (Å²) in [5, 5.41) is 0. The number of rotatable bonds is 7. The third-order valence-electron chi connectivity index (χ3n) is 4.92. The van der Waals surface area contributed by atoms with Crippen molar-refractivity contribution in [2.45, 2.75) is 19.4 Å². The summed E-state index contributed by atoms with van der Waals surface area (Å²) in [5.41, 5.74) is 1.31. The fourth-order valence-corrected chi connectivity index (χ4v) is 3.48. The van der Waals surface area contributed by atoms with Crippen LogP contribution in [0.5, 0.6) is 5.75 Å². The van der Waals surface area contributed by atoms with Crippen molar-refractivity contribution in [3.05, 3.63) is 66.2 Å². The Hall–Kier alpha value is -2.33. The van der Waals surface area contributed by atoms with Crippen molar-refractivity contribution in [2.24, 2.45) is 5.92 Å². The molecule has 1 aliphatic heterocycles. The standard InChI is InChI=1S/C22H28N2O2/c1-23(15-16-26-21-12-6-3-7-13-21)22(25)20-11-8-14-24(18-20)17-19-9-4-2-5-10-19/h2-7,9-10,12-13,20H,8,11,14-18H2,1H3. The molecule has 0 bridgehead atoms. The van der Waals surface area contributed by atoms with E-state index in [1.54, 1.807) is 0 Å². The van der Waals surface area contributed by atoms with E-state index in [4.69, 9.17) is 4.74 Å². The average molecular weight is 352 g/mol. The van der Waals surface area contributed by atoms with Gasteiger partial charge in [0.1, 0.15) is 12.4 Å². The van der Waals surface area contributed by atoms with Crippen molar-refractivity contribution in [1.82, 2.24) is 9.80 Å². The maximum atomic E-state index is 12.8. The van der Waals surface area contributed by atoms with Crippen molar-refractivity contribution in [2.75, 3.05) is 33.3 Å². The predicted octanol–water partition coefficient (Wildman–Crippen LogP) is 3.44. The van der Waals surface area contributed by atoms with Gasteiger partial charge in [-0.1, -0.05) is 48.5 Å². The van der Waals surface area contributed by atoms with Crippen LogP contribution >= 0.6 is 0 Å². The molecule has 3 rings (SSSR count). The molecule has 26 heavy (non-hydrogen) atoms. The summed E-state index contributed by atoms with van der Waals surface area (Å²) in [7, 11) is 1.88. The van der Waals surface area contributed by atoms with Crippen LogP contribution in [0.1, 0.15) is 18.4 Å². The largest absolute Gasteiger partial charge is 0.492 e. The number of likely N-dealkylation sites (tertiary alicyclic amines) is 1. The van der Waals surface area contributed by atoms with Crippen LogP contribution in [-0.2, 0) is 11.3 Å². The summed E-state index contributed by atoms with van der Waals surface area (Å²) >= 11 is 0. The highest BCUT2D eigenvalue weighted by atomic mass is 16.5. The van der Waals surface area contributed by atoms with Crippen LogP contribution in [0.25, 0.3) is 0 Å². The molecule has 2 aromatic rings. The van der Waals surface area contributed by atoms with Crippen molar-refractivity contribution < 1.29 is 9.53 Å². The number of benzene rings is 2. The maximum Gasteiger partial charge on any atom is 0.226 e. The summed E-state index contributed by atoms with van der Waals surface area (Å²) in [6.07, 6.45) is 2.06. The van der Waals surface area contributed by atoms with Crippen LogP contribution in [0, 0.1) is 5.92 Å². The number of ether oxygens (including phenoxy) is 1. The van der Waals surface area contributed by atoms with Crippen molar-refractivity contribution in [3.63, 3.8) is 0 Å². The van der Waals surface area contributed by atoms with Gasteiger partial charge in [-0.2, -0.15) is 0 Å². The van der Waals surface area contributed by atoms with Gasteiger partial charge >= 0.3 is 0 Å². The molecule has 4 nitrogen and oxygen atoms in total. The lowest BCUT2D eigenvalue weighted by molar-refractivity contribution is -0.136. The van der Waals surface area contributed by atoms with E-state index in [1.807, 2.05) is 48.3 Å². The molecule has 1 unspecified atom stereocenters. The van der Waals surface area contributed by atoms with Crippen LogP contribution in [0.15, 0.2) is 60.7 Å². The van der Waals surface area contributed by atoms with Gasteiger partial charge in [0.05, 0.1) is 12.5 Å². The van der Waals surface area contributed by atoms with Gasteiger partial charge in [-0.05, 0) is 37.1 Å². The Bertz CT molecular complexity index is 675. The number of amides is 1. The number of hydrogen-bond acceptors (Lipinski definition) is 3. The van der Waals surface area contributed by atoms with Crippen LogP contribution in [-0.4, -0.2) is 49.0 Å². The van der Waals surface area contributed by atoms with Gasteiger partial charge in [0.15, 0.2) is 0 Å². The van der Waals surface area contributed by atoms with Crippen LogP contribution in [0.4, 0.5) is 0 Å². The molecule has 1 aliphatic rings. The van der Waals surface area contributed by atoms with Crippen molar-refractivity contribution in [3.8, 4) is 5.75 Å². The molecule has 1 heterocycles. The molecule has 1 saturated heterocycles. The lowest BCUT2D eigenvalue weighted by Crippen LogP contribution is -2.44. The molecule has 4 heteroatoms. The van der Waals surface area contributed by atoms with Crippen LogP contribution < -0.4 is 4.74 Å². The fraction of sp³-hybridized carbons (Fsp3) is 0.409. The fourth-order valence-electron chi connectivity index (χ4n) is 3.48. The highest BCUT2D eigenvalue weighted by Crippen LogP contribution is 2.20. The summed E-state index contributed by atoms with van der Waals surface area (Å²) < 4.78 is 5.71. The van der Waals surface area contributed by atoms with E-state index >= 15 is 0 Å². The van der Waals surface area contributed by atoms with Gasteiger partial charge in [-0.15, -0.1) is 0 Å². The SMILES string of the molecule is CN(CCOc1ccccc1)C(=O)C1CCCN(Cc2ccccc2)C1. The van der Waals surface area contributed by atoms with Gasteiger partial charge in [0.25, 0.3) is 0 Å². The molecule has 0 saturated carbocycles. The zero-order valence-electron chi connectivity index (χ0n) is 15.5. The third kappa shape index (κ3) is 5.33. The second-order valence-electron chi connectivity index (χ2n) is 6.98. The summed E-state index contributed by atoms with van der Waals surface area (Å²) in [5.74, 6) is 1.17. The Balaban J connectivity index is 1.45. The molecule has 1 atom stereocenters. The number of nitrogens with zero attached hydrogens (tertiary/aromatic N) is 2. The van der Waals surface area contributed by atoms with E-state index in [-0.39, 0.29) is 11.8 Å². The number of carbonyl (C=O) groups is 1. The van der Waals surface area contributed by atoms with Gasteiger partial charge in [0, 0.05) is 20.1 Å². The molecule has 0 aromatic heterocycles. The van der Waals surface area contributed by atoms with Crippen molar-refractivity contribution >= 4 is 5.91 Å². The first kappa shape index (κ1) is 18.5. The first-order chi connectivity index (χ1) is 12.7. The molecule has 2 aromatic carbocycles. The lowest BCUT2D eigenvalue weighted by atomic mass is 9.96. The van der Waals surface area contributed by atoms with Gasteiger partial charge in [-0.3, -0.25) is 9.69 Å². The summed E-state index contributed by atoms with van der Waals surface area (Å²) in [6, 6.07) is 20.2. The molecular formula is C22H28N2O2. The normalized spacial score (nSPS) is 17.7.